The van der Waals surface area contributed by atoms with Crippen LogP contribution in [-0.2, 0) is 21.4 Å². The van der Waals surface area contributed by atoms with Crippen molar-refractivity contribution in [2.24, 2.45) is 0 Å². The molecule has 0 spiro atoms. The fourth-order valence-corrected chi connectivity index (χ4v) is 3.77. The molecule has 0 aromatic heterocycles. The van der Waals surface area contributed by atoms with Gasteiger partial charge in [0.05, 0.1) is 12.8 Å². The third kappa shape index (κ3) is 3.69. The molecule has 0 atom stereocenters. The van der Waals surface area contributed by atoms with E-state index in [1.165, 1.54) is 61.5 Å². The van der Waals surface area contributed by atoms with Crippen LogP contribution < -0.4 is 14.4 Å². The minimum atomic E-state index is -3.87. The summed E-state index contributed by atoms with van der Waals surface area (Å²) in [5.74, 6) is -0.809. The smallest absolute Gasteiger partial charge is 0.332 e. The van der Waals surface area contributed by atoms with Gasteiger partial charge in [-0.1, -0.05) is 12.1 Å². The predicted octanol–water partition coefficient (Wildman–Crippen LogP) is 1.71. The number of rotatable bonds is 6. The average molecular weight is 407 g/mol. The first-order valence-electron chi connectivity index (χ1n) is 8.24. The molecule has 0 aliphatic carbocycles. The quantitative estimate of drug-likeness (QED) is 0.736. The summed E-state index contributed by atoms with van der Waals surface area (Å²) in [5, 5.41) is 0. The molecular formula is C18H18FN3O5S. The number of urea groups is 1. The van der Waals surface area contributed by atoms with Crippen molar-refractivity contribution in [3.8, 4) is 5.75 Å². The normalized spacial score (nSPS) is 14.7. The maximum atomic E-state index is 13.0. The Morgan fingerprint density at radius 3 is 2.43 bits per heavy atom. The van der Waals surface area contributed by atoms with E-state index in [2.05, 4.69) is 4.72 Å². The SMILES string of the molecule is CNS(=O)(=O)c1cc(N2C(=O)CN(Cc3ccc(F)cc3)C2=O)ccc1OC. The summed E-state index contributed by atoms with van der Waals surface area (Å²) < 4.78 is 44.7. The second-order valence-corrected chi connectivity index (χ2v) is 7.89. The van der Waals surface area contributed by atoms with Crippen LogP contribution in [-0.4, -0.2) is 46.0 Å². The van der Waals surface area contributed by atoms with Crippen LogP contribution in [0.3, 0.4) is 0 Å². The maximum Gasteiger partial charge on any atom is 0.332 e. The maximum absolute atomic E-state index is 13.0. The number of anilines is 1. The molecule has 3 rings (SSSR count). The third-order valence-corrected chi connectivity index (χ3v) is 5.72. The van der Waals surface area contributed by atoms with Gasteiger partial charge in [0.1, 0.15) is 23.0 Å². The van der Waals surface area contributed by atoms with Gasteiger partial charge in [-0.05, 0) is 42.9 Å². The van der Waals surface area contributed by atoms with E-state index in [1.807, 2.05) is 0 Å². The number of methoxy groups -OCH3 is 1. The van der Waals surface area contributed by atoms with Crippen LogP contribution in [0, 0.1) is 5.82 Å². The molecule has 2 aromatic rings. The molecule has 1 fully saturated rings. The summed E-state index contributed by atoms with van der Waals surface area (Å²) in [7, 11) is -1.30. The lowest BCUT2D eigenvalue weighted by molar-refractivity contribution is -0.116. The molecule has 2 aromatic carbocycles. The van der Waals surface area contributed by atoms with Gasteiger partial charge in [-0.3, -0.25) is 4.79 Å². The van der Waals surface area contributed by atoms with Gasteiger partial charge in [-0.2, -0.15) is 0 Å². The fraction of sp³-hybridized carbons (Fsp3) is 0.222. The van der Waals surface area contributed by atoms with Crippen LogP contribution in [0.5, 0.6) is 5.75 Å². The number of halogens is 1. The first-order valence-corrected chi connectivity index (χ1v) is 9.73. The monoisotopic (exact) mass is 407 g/mol. The van der Waals surface area contributed by atoms with Crippen molar-refractivity contribution < 1.29 is 27.1 Å². The zero-order chi connectivity index (χ0) is 20.5. The number of imide groups is 1. The lowest BCUT2D eigenvalue weighted by atomic mass is 10.2. The summed E-state index contributed by atoms with van der Waals surface area (Å²) in [5.41, 5.74) is 0.781. The Morgan fingerprint density at radius 2 is 1.82 bits per heavy atom. The molecule has 1 saturated heterocycles. The van der Waals surface area contributed by atoms with Gasteiger partial charge in [0.2, 0.25) is 10.0 Å². The number of carbonyl (C=O) groups excluding carboxylic acids is 2. The Kier molecular flexibility index (Phi) is 5.34. The molecule has 8 nitrogen and oxygen atoms in total. The lowest BCUT2D eigenvalue weighted by Crippen LogP contribution is -2.33. The molecule has 1 heterocycles. The van der Waals surface area contributed by atoms with Crippen LogP contribution in [0.2, 0.25) is 0 Å². The van der Waals surface area contributed by atoms with Crippen LogP contribution in [0.1, 0.15) is 5.56 Å². The molecule has 0 bridgehead atoms. The van der Waals surface area contributed by atoms with Crippen molar-refractivity contribution in [3.63, 3.8) is 0 Å². The van der Waals surface area contributed by atoms with Crippen molar-refractivity contribution in [2.75, 3.05) is 25.6 Å². The molecular weight excluding hydrogens is 389 g/mol. The van der Waals surface area contributed by atoms with E-state index < -0.39 is 27.8 Å². The lowest BCUT2D eigenvalue weighted by Gasteiger charge is -2.18. The van der Waals surface area contributed by atoms with Gasteiger partial charge < -0.3 is 9.64 Å². The molecule has 0 saturated carbocycles. The number of nitrogens with zero attached hydrogens (tertiary/aromatic N) is 2. The van der Waals surface area contributed by atoms with Crippen molar-refractivity contribution in [2.45, 2.75) is 11.4 Å². The van der Waals surface area contributed by atoms with E-state index in [0.717, 1.165) is 4.90 Å². The molecule has 0 radical (unpaired) electrons. The molecule has 1 aliphatic rings. The molecule has 3 amide bonds. The standard InChI is InChI=1S/C18H18FN3O5S/c1-20-28(25,26)16-9-14(7-8-15(16)27-2)22-17(23)11-21(18(22)24)10-12-3-5-13(19)6-4-12/h3-9,20H,10-11H2,1-2H3. The average Bonchev–Trinajstić information content (AvgIpc) is 2.96. The third-order valence-electron chi connectivity index (χ3n) is 4.29. The molecule has 1 N–H and O–H groups in total. The Bertz CT molecular complexity index is 1020. The summed E-state index contributed by atoms with van der Waals surface area (Å²) in [6, 6.07) is 9.03. The second-order valence-electron chi connectivity index (χ2n) is 6.04. The van der Waals surface area contributed by atoms with Crippen LogP contribution >= 0.6 is 0 Å². The van der Waals surface area contributed by atoms with Gasteiger partial charge in [-0.15, -0.1) is 0 Å². The highest BCUT2D eigenvalue weighted by Crippen LogP contribution is 2.31. The summed E-state index contributed by atoms with van der Waals surface area (Å²) in [6.07, 6.45) is 0. The summed E-state index contributed by atoms with van der Waals surface area (Å²) in [4.78, 5) is 27.2. The highest BCUT2D eigenvalue weighted by atomic mass is 32.2. The first-order chi connectivity index (χ1) is 13.3. The van der Waals surface area contributed by atoms with E-state index in [0.29, 0.717) is 5.56 Å². The summed E-state index contributed by atoms with van der Waals surface area (Å²) in [6.45, 7) is -0.0461. The van der Waals surface area contributed by atoms with E-state index in [4.69, 9.17) is 4.74 Å². The Balaban J connectivity index is 1.91. The highest BCUT2D eigenvalue weighted by Gasteiger charge is 2.37. The van der Waals surface area contributed by atoms with Crippen LogP contribution in [0.4, 0.5) is 14.9 Å². The van der Waals surface area contributed by atoms with Crippen molar-refractivity contribution in [3.05, 3.63) is 53.8 Å². The molecule has 148 valence electrons. The molecule has 0 unspecified atom stereocenters. The van der Waals surface area contributed by atoms with Gasteiger partial charge in [0.15, 0.2) is 0 Å². The first kappa shape index (κ1) is 19.8. The molecule has 10 heteroatoms. The topological polar surface area (TPSA) is 96.0 Å². The van der Waals surface area contributed by atoms with Crippen molar-refractivity contribution in [1.29, 1.82) is 0 Å². The molecule has 1 aliphatic heterocycles. The van der Waals surface area contributed by atoms with Gasteiger partial charge in [0, 0.05) is 6.54 Å². The van der Waals surface area contributed by atoms with E-state index in [1.54, 1.807) is 0 Å². The largest absolute Gasteiger partial charge is 0.495 e. The number of sulfonamides is 1. The van der Waals surface area contributed by atoms with E-state index in [-0.39, 0.29) is 29.4 Å². The minimum Gasteiger partial charge on any atom is -0.495 e. The van der Waals surface area contributed by atoms with Gasteiger partial charge in [-0.25, -0.2) is 27.2 Å². The number of ether oxygens (including phenoxy) is 1. The minimum absolute atomic E-state index is 0.0837. The Labute approximate surface area is 161 Å². The van der Waals surface area contributed by atoms with Crippen LogP contribution in [0.25, 0.3) is 0 Å². The Hall–Kier alpha value is -2.98. The number of nitrogens with one attached hydrogen (secondary N) is 1. The van der Waals surface area contributed by atoms with E-state index >= 15 is 0 Å². The number of hydrogen-bond donors (Lipinski definition) is 1. The summed E-state index contributed by atoms with van der Waals surface area (Å²) >= 11 is 0. The molecule has 28 heavy (non-hydrogen) atoms. The fourth-order valence-electron chi connectivity index (χ4n) is 2.86. The van der Waals surface area contributed by atoms with Gasteiger partial charge in [0.25, 0.3) is 5.91 Å². The van der Waals surface area contributed by atoms with Crippen molar-refractivity contribution in [1.82, 2.24) is 9.62 Å². The number of hydrogen-bond acceptors (Lipinski definition) is 5. The second kappa shape index (κ2) is 7.56. The van der Waals surface area contributed by atoms with E-state index in [9.17, 15) is 22.4 Å². The zero-order valence-corrected chi connectivity index (χ0v) is 16.0. The highest BCUT2D eigenvalue weighted by molar-refractivity contribution is 7.89. The zero-order valence-electron chi connectivity index (χ0n) is 15.2. The predicted molar refractivity (Wildman–Crippen MR) is 98.9 cm³/mol. The van der Waals surface area contributed by atoms with Gasteiger partial charge >= 0.3 is 6.03 Å². The number of benzene rings is 2. The number of amides is 3. The van der Waals surface area contributed by atoms with Crippen LogP contribution in [0.15, 0.2) is 47.4 Å². The Morgan fingerprint density at radius 1 is 1.14 bits per heavy atom. The van der Waals surface area contributed by atoms with Crippen molar-refractivity contribution >= 4 is 27.6 Å². The number of carbonyl (C=O) groups is 2.